The summed E-state index contributed by atoms with van der Waals surface area (Å²) >= 11 is 0. The molecule has 0 aliphatic heterocycles. The fourth-order valence-electron chi connectivity index (χ4n) is 3.79. The maximum atomic E-state index is 13.3. The molecule has 0 saturated heterocycles. The molecular formula is C27H23N5O. The third-order valence-corrected chi connectivity index (χ3v) is 5.48. The van der Waals surface area contributed by atoms with Gasteiger partial charge in [-0.15, -0.1) is 0 Å². The highest BCUT2D eigenvalue weighted by Crippen LogP contribution is 2.24. The lowest BCUT2D eigenvalue weighted by atomic mass is 10.1. The van der Waals surface area contributed by atoms with Crippen LogP contribution in [0.3, 0.4) is 0 Å². The van der Waals surface area contributed by atoms with Gasteiger partial charge in [-0.3, -0.25) is 9.48 Å². The lowest BCUT2D eigenvalue weighted by Crippen LogP contribution is -2.24. The lowest BCUT2D eigenvalue weighted by Gasteiger charge is -2.11. The molecule has 0 bridgehead atoms. The quantitative estimate of drug-likeness (QED) is 0.404. The van der Waals surface area contributed by atoms with E-state index in [9.17, 15) is 4.79 Å². The molecule has 0 aliphatic carbocycles. The molecule has 0 fully saturated rings. The van der Waals surface area contributed by atoms with Gasteiger partial charge in [-0.25, -0.2) is 4.68 Å². The Kier molecular flexibility index (Phi) is 5.80. The summed E-state index contributed by atoms with van der Waals surface area (Å²) in [6.07, 6.45) is 5.49. The molecule has 1 amide bonds. The fourth-order valence-corrected chi connectivity index (χ4v) is 3.79. The van der Waals surface area contributed by atoms with Gasteiger partial charge in [0.15, 0.2) is 0 Å². The Morgan fingerprint density at radius 3 is 2.24 bits per heavy atom. The lowest BCUT2D eigenvalue weighted by molar-refractivity contribution is 0.0951. The Hall–Kier alpha value is -4.45. The van der Waals surface area contributed by atoms with E-state index in [1.54, 1.807) is 17.1 Å². The maximum absolute atomic E-state index is 13.3. The minimum atomic E-state index is -0.162. The monoisotopic (exact) mass is 433 g/mol. The Balaban J connectivity index is 1.41. The molecule has 0 atom stereocenters. The molecule has 0 saturated carbocycles. The second-order valence-electron chi connectivity index (χ2n) is 7.69. The molecule has 2 aromatic heterocycles. The first-order chi connectivity index (χ1) is 16.3. The van der Waals surface area contributed by atoms with Crippen molar-refractivity contribution in [2.45, 2.75) is 13.1 Å². The van der Waals surface area contributed by atoms with Gasteiger partial charge in [0.2, 0.25) is 0 Å². The SMILES string of the molecule is O=C(NCc1ccccc1Cn1cccn1)c1cn(-c2ccccc2)nc1-c1ccccc1. The number of benzene rings is 3. The summed E-state index contributed by atoms with van der Waals surface area (Å²) in [7, 11) is 0. The minimum absolute atomic E-state index is 0.162. The Labute approximate surface area is 192 Å². The van der Waals surface area contributed by atoms with Crippen LogP contribution in [0.4, 0.5) is 0 Å². The summed E-state index contributed by atoms with van der Waals surface area (Å²) < 4.78 is 3.63. The van der Waals surface area contributed by atoms with Gasteiger partial charge in [0.25, 0.3) is 5.91 Å². The topological polar surface area (TPSA) is 64.7 Å². The first-order valence-electron chi connectivity index (χ1n) is 10.8. The second-order valence-corrected chi connectivity index (χ2v) is 7.69. The van der Waals surface area contributed by atoms with Crippen LogP contribution in [-0.2, 0) is 13.1 Å². The molecule has 3 aromatic carbocycles. The van der Waals surface area contributed by atoms with E-state index < -0.39 is 0 Å². The number of amides is 1. The van der Waals surface area contributed by atoms with Crippen molar-refractivity contribution in [2.75, 3.05) is 0 Å². The fraction of sp³-hybridized carbons (Fsp3) is 0.0741. The highest BCUT2D eigenvalue weighted by atomic mass is 16.1. The molecule has 162 valence electrons. The van der Waals surface area contributed by atoms with Gasteiger partial charge >= 0.3 is 0 Å². The van der Waals surface area contributed by atoms with Crippen molar-refractivity contribution in [1.82, 2.24) is 24.9 Å². The van der Waals surface area contributed by atoms with E-state index in [-0.39, 0.29) is 5.91 Å². The number of carbonyl (C=O) groups excluding carboxylic acids is 1. The van der Waals surface area contributed by atoms with Crippen molar-refractivity contribution >= 4 is 5.91 Å². The molecule has 5 aromatic rings. The summed E-state index contributed by atoms with van der Waals surface area (Å²) in [5.74, 6) is -0.162. The standard InChI is InChI=1S/C27H23N5O/c33-27(28-18-22-12-7-8-13-23(22)19-31-17-9-16-29-31)25-20-32(24-14-5-2-6-15-24)30-26(25)21-10-3-1-4-11-21/h1-17,20H,18-19H2,(H,28,33). The zero-order valence-corrected chi connectivity index (χ0v) is 18.0. The average molecular weight is 434 g/mol. The number of para-hydroxylation sites is 1. The summed E-state index contributed by atoms with van der Waals surface area (Å²) in [6.45, 7) is 1.07. The zero-order valence-electron chi connectivity index (χ0n) is 18.0. The van der Waals surface area contributed by atoms with Gasteiger partial charge in [-0.2, -0.15) is 10.2 Å². The van der Waals surface area contributed by atoms with Crippen LogP contribution in [0.25, 0.3) is 16.9 Å². The summed E-state index contributed by atoms with van der Waals surface area (Å²) in [5, 5.41) is 12.1. The molecular weight excluding hydrogens is 410 g/mol. The molecule has 0 spiro atoms. The third kappa shape index (κ3) is 4.60. The van der Waals surface area contributed by atoms with Crippen LogP contribution in [0.1, 0.15) is 21.5 Å². The Bertz CT molecular complexity index is 1340. The normalized spacial score (nSPS) is 10.8. The molecule has 6 nitrogen and oxygen atoms in total. The smallest absolute Gasteiger partial charge is 0.255 e. The van der Waals surface area contributed by atoms with E-state index >= 15 is 0 Å². The molecule has 2 heterocycles. The van der Waals surface area contributed by atoms with E-state index in [0.29, 0.717) is 24.3 Å². The van der Waals surface area contributed by atoms with Crippen molar-refractivity contribution in [3.8, 4) is 16.9 Å². The maximum Gasteiger partial charge on any atom is 0.255 e. The van der Waals surface area contributed by atoms with Crippen LogP contribution >= 0.6 is 0 Å². The molecule has 0 unspecified atom stereocenters. The van der Waals surface area contributed by atoms with E-state index in [1.165, 1.54) is 0 Å². The zero-order chi connectivity index (χ0) is 22.5. The van der Waals surface area contributed by atoms with E-state index in [0.717, 1.165) is 22.4 Å². The first-order valence-corrected chi connectivity index (χ1v) is 10.8. The Morgan fingerprint density at radius 2 is 1.52 bits per heavy atom. The number of nitrogens with zero attached hydrogens (tertiary/aromatic N) is 4. The summed E-state index contributed by atoms with van der Waals surface area (Å²) in [4.78, 5) is 13.3. The number of rotatable bonds is 7. The van der Waals surface area contributed by atoms with Crippen LogP contribution in [0.5, 0.6) is 0 Å². The number of hydrogen-bond donors (Lipinski definition) is 1. The first kappa shape index (κ1) is 20.5. The van der Waals surface area contributed by atoms with Gasteiger partial charge in [-0.05, 0) is 29.3 Å². The van der Waals surface area contributed by atoms with E-state index in [1.807, 2.05) is 95.8 Å². The highest BCUT2D eigenvalue weighted by molar-refractivity contribution is 5.99. The van der Waals surface area contributed by atoms with Crippen molar-refractivity contribution in [1.29, 1.82) is 0 Å². The average Bonchev–Trinajstić information content (AvgIpc) is 3.55. The van der Waals surface area contributed by atoms with Crippen molar-refractivity contribution in [3.05, 3.63) is 126 Å². The van der Waals surface area contributed by atoms with Gasteiger partial charge < -0.3 is 5.32 Å². The summed E-state index contributed by atoms with van der Waals surface area (Å²) in [6, 6.07) is 29.6. The van der Waals surface area contributed by atoms with Crippen LogP contribution in [-0.4, -0.2) is 25.5 Å². The van der Waals surface area contributed by atoms with Gasteiger partial charge in [0.05, 0.1) is 17.8 Å². The molecule has 33 heavy (non-hydrogen) atoms. The molecule has 1 N–H and O–H groups in total. The van der Waals surface area contributed by atoms with Crippen LogP contribution in [0, 0.1) is 0 Å². The summed E-state index contributed by atoms with van der Waals surface area (Å²) in [5.41, 5.74) is 5.16. The van der Waals surface area contributed by atoms with Crippen LogP contribution in [0.15, 0.2) is 110 Å². The van der Waals surface area contributed by atoms with Crippen LogP contribution < -0.4 is 5.32 Å². The largest absolute Gasteiger partial charge is 0.348 e. The predicted molar refractivity (Wildman–Crippen MR) is 128 cm³/mol. The molecule has 0 radical (unpaired) electrons. The van der Waals surface area contributed by atoms with Gasteiger partial charge in [0, 0.05) is 30.7 Å². The van der Waals surface area contributed by atoms with Crippen molar-refractivity contribution < 1.29 is 4.79 Å². The third-order valence-electron chi connectivity index (χ3n) is 5.48. The second kappa shape index (κ2) is 9.36. The highest BCUT2D eigenvalue weighted by Gasteiger charge is 2.19. The molecule has 6 heteroatoms. The van der Waals surface area contributed by atoms with E-state index in [4.69, 9.17) is 5.10 Å². The van der Waals surface area contributed by atoms with Gasteiger partial charge in [0.1, 0.15) is 5.69 Å². The van der Waals surface area contributed by atoms with Crippen LogP contribution in [0.2, 0.25) is 0 Å². The van der Waals surface area contributed by atoms with Crippen molar-refractivity contribution in [2.24, 2.45) is 0 Å². The Morgan fingerprint density at radius 1 is 0.818 bits per heavy atom. The van der Waals surface area contributed by atoms with Crippen molar-refractivity contribution in [3.63, 3.8) is 0 Å². The molecule has 5 rings (SSSR count). The minimum Gasteiger partial charge on any atom is -0.348 e. The number of aromatic nitrogens is 4. The van der Waals surface area contributed by atoms with Gasteiger partial charge in [-0.1, -0.05) is 72.8 Å². The number of carbonyl (C=O) groups is 1. The van der Waals surface area contributed by atoms with E-state index in [2.05, 4.69) is 16.5 Å². The predicted octanol–water partition coefficient (Wildman–Crippen LogP) is 4.71. The number of nitrogens with one attached hydrogen (secondary N) is 1. The number of hydrogen-bond acceptors (Lipinski definition) is 3. The molecule has 0 aliphatic rings.